The molecule has 4 nitrogen and oxygen atoms in total. The summed E-state index contributed by atoms with van der Waals surface area (Å²) in [5, 5.41) is 11.3. The zero-order chi connectivity index (χ0) is 9.26. The Bertz CT molecular complexity index is 404. The molecule has 0 bridgehead atoms. The molecular formula is C8H10N4S. The van der Waals surface area contributed by atoms with Crippen LogP contribution in [-0.4, -0.2) is 20.2 Å². The summed E-state index contributed by atoms with van der Waals surface area (Å²) >= 11 is 1.74. The average Bonchev–Trinajstić information content (AvgIpc) is 2.71. The minimum absolute atomic E-state index is 0.838. The summed E-state index contributed by atoms with van der Waals surface area (Å²) in [6.07, 6.45) is 1.07. The zero-order valence-corrected chi connectivity index (χ0v) is 8.38. The van der Waals surface area contributed by atoms with E-state index in [4.69, 9.17) is 0 Å². The highest BCUT2D eigenvalue weighted by molar-refractivity contribution is 7.15. The van der Waals surface area contributed by atoms with Crippen LogP contribution in [0.1, 0.15) is 11.8 Å². The van der Waals surface area contributed by atoms with Crippen LogP contribution >= 0.6 is 11.3 Å². The van der Waals surface area contributed by atoms with Crippen molar-refractivity contribution in [3.63, 3.8) is 0 Å². The summed E-state index contributed by atoms with van der Waals surface area (Å²) in [5.41, 5.74) is 0. The third-order valence-electron chi connectivity index (χ3n) is 1.85. The lowest BCUT2D eigenvalue weighted by molar-refractivity contribution is 0.715. The maximum atomic E-state index is 3.95. The number of nitrogens with zero attached hydrogens (tertiary/aromatic N) is 4. The van der Waals surface area contributed by atoms with Gasteiger partial charge in [-0.15, -0.1) is 16.4 Å². The van der Waals surface area contributed by atoms with Gasteiger partial charge in [-0.25, -0.2) is 4.68 Å². The summed E-state index contributed by atoms with van der Waals surface area (Å²) < 4.78 is 1.69. The summed E-state index contributed by atoms with van der Waals surface area (Å²) in [4.78, 5) is 2.49. The standard InChI is InChI=1S/C8H10N4S/c1-3-6-4-5-7(13-6)8-9-10-11-12(8)2/h4-5H,3H2,1-2H3. The highest BCUT2D eigenvalue weighted by Crippen LogP contribution is 2.25. The van der Waals surface area contributed by atoms with E-state index >= 15 is 0 Å². The van der Waals surface area contributed by atoms with Gasteiger partial charge in [-0.3, -0.25) is 0 Å². The van der Waals surface area contributed by atoms with Crippen molar-refractivity contribution in [3.8, 4) is 10.7 Å². The van der Waals surface area contributed by atoms with E-state index in [1.165, 1.54) is 4.88 Å². The van der Waals surface area contributed by atoms with Crippen LogP contribution in [0, 0.1) is 0 Å². The first-order valence-corrected chi connectivity index (χ1v) is 4.94. The van der Waals surface area contributed by atoms with E-state index in [-0.39, 0.29) is 0 Å². The van der Waals surface area contributed by atoms with Gasteiger partial charge in [0.2, 0.25) is 0 Å². The van der Waals surface area contributed by atoms with Gasteiger partial charge >= 0.3 is 0 Å². The fourth-order valence-electron chi connectivity index (χ4n) is 1.13. The maximum Gasteiger partial charge on any atom is 0.191 e. The lowest BCUT2D eigenvalue weighted by Crippen LogP contribution is -1.92. The molecule has 5 heteroatoms. The van der Waals surface area contributed by atoms with Gasteiger partial charge in [0, 0.05) is 11.9 Å². The molecule has 0 radical (unpaired) electrons. The van der Waals surface area contributed by atoms with Gasteiger partial charge in [-0.1, -0.05) is 6.92 Å². The molecule has 0 saturated heterocycles. The molecule has 2 heterocycles. The van der Waals surface area contributed by atoms with Gasteiger partial charge in [0.25, 0.3) is 0 Å². The quantitative estimate of drug-likeness (QED) is 0.727. The number of rotatable bonds is 2. The zero-order valence-electron chi connectivity index (χ0n) is 7.56. The van der Waals surface area contributed by atoms with Gasteiger partial charge in [0.1, 0.15) is 0 Å². The first-order valence-electron chi connectivity index (χ1n) is 4.12. The third-order valence-corrected chi connectivity index (χ3v) is 3.08. The van der Waals surface area contributed by atoms with Gasteiger partial charge in [0.05, 0.1) is 4.88 Å². The maximum absolute atomic E-state index is 3.95. The smallest absolute Gasteiger partial charge is 0.191 e. The van der Waals surface area contributed by atoms with E-state index in [2.05, 4.69) is 34.6 Å². The highest BCUT2D eigenvalue weighted by atomic mass is 32.1. The van der Waals surface area contributed by atoms with E-state index in [9.17, 15) is 0 Å². The number of hydrogen-bond acceptors (Lipinski definition) is 4. The lowest BCUT2D eigenvalue weighted by Gasteiger charge is -1.91. The second-order valence-corrected chi connectivity index (χ2v) is 3.91. The van der Waals surface area contributed by atoms with E-state index in [1.807, 2.05) is 7.05 Å². The van der Waals surface area contributed by atoms with Crippen molar-refractivity contribution < 1.29 is 0 Å². The van der Waals surface area contributed by atoms with Crippen molar-refractivity contribution in [2.45, 2.75) is 13.3 Å². The Kier molecular flexibility index (Phi) is 2.10. The summed E-state index contributed by atoms with van der Waals surface area (Å²) in [6, 6.07) is 4.18. The second kappa shape index (κ2) is 3.26. The van der Waals surface area contributed by atoms with Crippen molar-refractivity contribution in [2.24, 2.45) is 7.05 Å². The van der Waals surface area contributed by atoms with E-state index in [1.54, 1.807) is 16.0 Å². The fraction of sp³-hybridized carbons (Fsp3) is 0.375. The van der Waals surface area contributed by atoms with Crippen LogP contribution in [0.2, 0.25) is 0 Å². The number of thiophene rings is 1. The molecule has 0 atom stereocenters. The Morgan fingerprint density at radius 1 is 1.46 bits per heavy atom. The molecule has 0 aliphatic carbocycles. The molecule has 2 rings (SSSR count). The van der Waals surface area contributed by atoms with E-state index < -0.39 is 0 Å². The summed E-state index contributed by atoms with van der Waals surface area (Å²) in [5.74, 6) is 0.838. The van der Waals surface area contributed by atoms with Gasteiger partial charge in [0.15, 0.2) is 5.82 Å². The van der Waals surface area contributed by atoms with Crippen molar-refractivity contribution in [3.05, 3.63) is 17.0 Å². The van der Waals surface area contributed by atoms with E-state index in [0.717, 1.165) is 17.1 Å². The second-order valence-electron chi connectivity index (χ2n) is 2.75. The Morgan fingerprint density at radius 2 is 2.31 bits per heavy atom. The number of tetrazole rings is 1. The first kappa shape index (κ1) is 8.37. The third kappa shape index (κ3) is 1.47. The van der Waals surface area contributed by atoms with Crippen LogP contribution in [0.15, 0.2) is 12.1 Å². The van der Waals surface area contributed by atoms with Gasteiger partial charge < -0.3 is 0 Å². The largest absolute Gasteiger partial charge is 0.228 e. The Hall–Kier alpha value is -1.23. The van der Waals surface area contributed by atoms with Crippen LogP contribution in [-0.2, 0) is 13.5 Å². The van der Waals surface area contributed by atoms with Crippen molar-refractivity contribution in [1.29, 1.82) is 0 Å². The van der Waals surface area contributed by atoms with Gasteiger partial charge in [-0.05, 0) is 29.0 Å². The summed E-state index contributed by atoms with van der Waals surface area (Å²) in [7, 11) is 1.85. The van der Waals surface area contributed by atoms with Crippen molar-refractivity contribution >= 4 is 11.3 Å². The topological polar surface area (TPSA) is 43.6 Å². The Balaban J connectivity index is 2.41. The molecule has 0 amide bonds. The minimum atomic E-state index is 0.838. The van der Waals surface area contributed by atoms with Crippen LogP contribution in [0.3, 0.4) is 0 Å². The molecule has 0 fully saturated rings. The lowest BCUT2D eigenvalue weighted by atomic mass is 10.3. The van der Waals surface area contributed by atoms with Crippen molar-refractivity contribution in [1.82, 2.24) is 20.2 Å². The number of aryl methyl sites for hydroxylation is 2. The molecule has 68 valence electrons. The average molecular weight is 194 g/mol. The first-order chi connectivity index (χ1) is 6.31. The molecular weight excluding hydrogens is 184 g/mol. The van der Waals surface area contributed by atoms with Crippen LogP contribution < -0.4 is 0 Å². The monoisotopic (exact) mass is 194 g/mol. The predicted octanol–water partition coefficient (Wildman–Crippen LogP) is 1.50. The number of aromatic nitrogens is 4. The minimum Gasteiger partial charge on any atom is -0.228 e. The van der Waals surface area contributed by atoms with Gasteiger partial charge in [-0.2, -0.15) is 0 Å². The molecule has 0 aliphatic rings. The van der Waals surface area contributed by atoms with Crippen molar-refractivity contribution in [2.75, 3.05) is 0 Å². The number of hydrogen-bond donors (Lipinski definition) is 0. The molecule has 0 aliphatic heterocycles. The van der Waals surface area contributed by atoms with Crippen LogP contribution in [0.5, 0.6) is 0 Å². The van der Waals surface area contributed by atoms with Crippen LogP contribution in [0.25, 0.3) is 10.7 Å². The molecule has 0 saturated carbocycles. The molecule has 2 aromatic heterocycles. The highest BCUT2D eigenvalue weighted by Gasteiger charge is 2.07. The fourth-order valence-corrected chi connectivity index (χ4v) is 2.09. The van der Waals surface area contributed by atoms with E-state index in [0.29, 0.717) is 0 Å². The molecule has 0 spiro atoms. The Morgan fingerprint density at radius 3 is 2.85 bits per heavy atom. The molecule has 13 heavy (non-hydrogen) atoms. The summed E-state index contributed by atoms with van der Waals surface area (Å²) in [6.45, 7) is 2.14. The molecule has 0 aromatic carbocycles. The predicted molar refractivity (Wildman–Crippen MR) is 51.5 cm³/mol. The normalized spacial score (nSPS) is 10.6. The molecule has 0 N–H and O–H groups in total. The molecule has 2 aromatic rings. The van der Waals surface area contributed by atoms with Crippen LogP contribution in [0.4, 0.5) is 0 Å². The Labute approximate surface area is 80.2 Å². The molecule has 0 unspecified atom stereocenters. The SMILES string of the molecule is CCc1ccc(-c2nnnn2C)s1.